The van der Waals surface area contributed by atoms with Gasteiger partial charge in [0.05, 0.1) is 13.2 Å². The van der Waals surface area contributed by atoms with E-state index in [-0.39, 0.29) is 13.2 Å². The van der Waals surface area contributed by atoms with Crippen molar-refractivity contribution in [3.05, 3.63) is 24.3 Å². The second-order valence-electron chi connectivity index (χ2n) is 2.25. The van der Waals surface area contributed by atoms with Crippen LogP contribution in [0.2, 0.25) is 0 Å². The van der Waals surface area contributed by atoms with E-state index in [4.69, 9.17) is 9.05 Å². The molecule has 0 aliphatic rings. The second kappa shape index (κ2) is 8.38. The van der Waals surface area contributed by atoms with Crippen molar-refractivity contribution < 1.29 is 17.2 Å². The van der Waals surface area contributed by atoms with Crippen molar-refractivity contribution in [1.82, 2.24) is 0 Å². The molecule has 0 aromatic heterocycles. The molecule has 0 heterocycles. The summed E-state index contributed by atoms with van der Waals surface area (Å²) in [6.07, 6.45) is 6.98. The van der Waals surface area contributed by atoms with Crippen LogP contribution < -0.4 is 0 Å². The number of hydrogen-bond donors (Lipinski definition) is 0. The Hall–Kier alpha value is 0.0700. The highest BCUT2D eigenvalue weighted by Crippen LogP contribution is 2.51. The zero-order chi connectivity index (χ0) is 10.9. The van der Waals surface area contributed by atoms with Crippen LogP contribution in [0.4, 0.5) is 0 Å². The van der Waals surface area contributed by atoms with Gasteiger partial charge in [-0.15, -0.1) is 0 Å². The van der Waals surface area contributed by atoms with Gasteiger partial charge in [0.15, 0.2) is 0 Å². The molecule has 0 saturated carbocycles. The Kier molecular flexibility index (Phi) is 8.43. The third-order valence-corrected chi connectivity index (χ3v) is 3.38. The molecule has 4 nitrogen and oxygen atoms in total. The standard InChI is InChI=1S/C8H14BrO4P/c1-3-5-7-11-14(10,13-9)12-8-6-4-2/h3-6H,7-8H2,1-2H3. The Bertz CT molecular complexity index is 219. The van der Waals surface area contributed by atoms with Gasteiger partial charge in [-0.1, -0.05) is 24.3 Å². The minimum atomic E-state index is -3.45. The highest BCUT2D eigenvalue weighted by molar-refractivity contribution is 9.06. The summed E-state index contributed by atoms with van der Waals surface area (Å²) in [4.78, 5) is 0. The van der Waals surface area contributed by atoms with Crippen molar-refractivity contribution in [2.24, 2.45) is 0 Å². The monoisotopic (exact) mass is 284 g/mol. The first-order valence-corrected chi connectivity index (χ1v) is 6.21. The molecule has 82 valence electrons. The van der Waals surface area contributed by atoms with Gasteiger partial charge in [-0.25, -0.2) is 8.18 Å². The van der Waals surface area contributed by atoms with Crippen molar-refractivity contribution in [2.45, 2.75) is 13.8 Å². The third-order valence-electron chi connectivity index (χ3n) is 1.21. The Labute approximate surface area is 93.0 Å². The van der Waals surface area contributed by atoms with Crippen LogP contribution >= 0.6 is 24.1 Å². The van der Waals surface area contributed by atoms with Crippen molar-refractivity contribution in [3.63, 3.8) is 0 Å². The fourth-order valence-electron chi connectivity index (χ4n) is 0.538. The van der Waals surface area contributed by atoms with Gasteiger partial charge in [0.1, 0.15) is 16.3 Å². The third kappa shape index (κ3) is 6.51. The zero-order valence-electron chi connectivity index (χ0n) is 8.18. The van der Waals surface area contributed by atoms with Crippen molar-refractivity contribution in [3.8, 4) is 0 Å². The lowest BCUT2D eigenvalue weighted by atomic mass is 10.6. The molecule has 0 aliphatic heterocycles. The van der Waals surface area contributed by atoms with Crippen LogP contribution in [0.3, 0.4) is 0 Å². The van der Waals surface area contributed by atoms with E-state index in [1.54, 1.807) is 24.3 Å². The average Bonchev–Trinajstić information content (AvgIpc) is 2.19. The van der Waals surface area contributed by atoms with Gasteiger partial charge in [-0.05, 0) is 13.8 Å². The molecule has 0 aromatic carbocycles. The number of hydrogen-bond acceptors (Lipinski definition) is 4. The Morgan fingerprint density at radius 1 is 1.14 bits per heavy atom. The molecule has 0 amide bonds. The highest BCUT2D eigenvalue weighted by atomic mass is 79.9. The number of phosphoric ester groups is 1. The van der Waals surface area contributed by atoms with E-state index in [0.717, 1.165) is 0 Å². The van der Waals surface area contributed by atoms with Crippen molar-refractivity contribution in [1.29, 1.82) is 0 Å². The number of rotatable bonds is 7. The second-order valence-corrected chi connectivity index (χ2v) is 4.66. The number of allylic oxidation sites excluding steroid dienone is 2. The molecule has 0 fully saturated rings. The summed E-state index contributed by atoms with van der Waals surface area (Å²) >= 11 is 2.61. The van der Waals surface area contributed by atoms with E-state index in [2.05, 4.69) is 19.9 Å². The van der Waals surface area contributed by atoms with Crippen LogP contribution in [0.15, 0.2) is 24.3 Å². The minimum Gasteiger partial charge on any atom is -0.282 e. The van der Waals surface area contributed by atoms with Crippen molar-refractivity contribution >= 4 is 24.1 Å². The lowest BCUT2D eigenvalue weighted by Crippen LogP contribution is -1.96. The quantitative estimate of drug-likeness (QED) is 0.529. The van der Waals surface area contributed by atoms with Crippen LogP contribution in [-0.2, 0) is 17.2 Å². The van der Waals surface area contributed by atoms with E-state index in [0.29, 0.717) is 0 Å². The van der Waals surface area contributed by atoms with Crippen molar-refractivity contribution in [2.75, 3.05) is 13.2 Å². The molecule has 0 radical (unpaired) electrons. The van der Waals surface area contributed by atoms with Crippen LogP contribution in [0.5, 0.6) is 0 Å². The van der Waals surface area contributed by atoms with Crippen LogP contribution in [0.25, 0.3) is 0 Å². The SMILES string of the molecule is CC=CCOP(=O)(OBr)OCC=CC. The maximum absolute atomic E-state index is 11.6. The molecule has 14 heavy (non-hydrogen) atoms. The molecule has 0 N–H and O–H groups in total. The zero-order valence-corrected chi connectivity index (χ0v) is 10.7. The summed E-state index contributed by atoms with van der Waals surface area (Å²) in [5.74, 6) is 0. The lowest BCUT2D eigenvalue weighted by molar-refractivity contribution is 0.191. The molecule has 0 spiro atoms. The Morgan fingerprint density at radius 3 is 1.86 bits per heavy atom. The van der Waals surface area contributed by atoms with Gasteiger partial charge >= 0.3 is 7.82 Å². The maximum atomic E-state index is 11.6. The average molecular weight is 285 g/mol. The number of phosphoric acid groups is 1. The molecule has 0 saturated heterocycles. The van der Waals surface area contributed by atoms with Gasteiger partial charge in [-0.2, -0.15) is 0 Å². The normalized spacial score (nSPS) is 16.5. The van der Waals surface area contributed by atoms with Gasteiger partial charge < -0.3 is 0 Å². The Balaban J connectivity index is 3.97. The molecular weight excluding hydrogens is 271 g/mol. The fraction of sp³-hybridized carbons (Fsp3) is 0.500. The van der Waals surface area contributed by atoms with Gasteiger partial charge in [0.25, 0.3) is 0 Å². The molecule has 0 aliphatic carbocycles. The maximum Gasteiger partial charge on any atom is 0.486 e. The fourth-order valence-corrected chi connectivity index (χ4v) is 1.73. The topological polar surface area (TPSA) is 44.8 Å². The highest BCUT2D eigenvalue weighted by Gasteiger charge is 2.24. The molecule has 6 heteroatoms. The predicted octanol–water partition coefficient (Wildman–Crippen LogP) is 3.61. The lowest BCUT2D eigenvalue weighted by Gasteiger charge is -2.11. The van der Waals surface area contributed by atoms with Crippen LogP contribution in [0, 0.1) is 0 Å². The summed E-state index contributed by atoms with van der Waals surface area (Å²) in [6.45, 7) is 4.05. The molecular formula is C8H14BrO4P. The first kappa shape index (κ1) is 14.1. The largest absolute Gasteiger partial charge is 0.486 e. The van der Waals surface area contributed by atoms with E-state index in [1.807, 2.05) is 13.8 Å². The van der Waals surface area contributed by atoms with Crippen LogP contribution in [-0.4, -0.2) is 13.2 Å². The van der Waals surface area contributed by atoms with E-state index in [1.165, 1.54) is 0 Å². The van der Waals surface area contributed by atoms with Gasteiger partial charge in [0.2, 0.25) is 0 Å². The molecule has 0 unspecified atom stereocenters. The summed E-state index contributed by atoms with van der Waals surface area (Å²) in [7, 11) is -3.45. The molecule has 0 rings (SSSR count). The van der Waals surface area contributed by atoms with E-state index < -0.39 is 7.82 Å². The smallest absolute Gasteiger partial charge is 0.282 e. The van der Waals surface area contributed by atoms with Gasteiger partial charge in [-0.3, -0.25) is 9.05 Å². The first-order valence-electron chi connectivity index (χ1n) is 4.10. The van der Waals surface area contributed by atoms with Crippen LogP contribution in [0.1, 0.15) is 13.8 Å². The summed E-state index contributed by atoms with van der Waals surface area (Å²) in [5.41, 5.74) is 0. The van der Waals surface area contributed by atoms with E-state index in [9.17, 15) is 4.57 Å². The summed E-state index contributed by atoms with van der Waals surface area (Å²) in [6, 6.07) is 0. The Morgan fingerprint density at radius 2 is 1.57 bits per heavy atom. The minimum absolute atomic E-state index is 0.190. The van der Waals surface area contributed by atoms with E-state index >= 15 is 0 Å². The predicted molar refractivity (Wildman–Crippen MR) is 59.2 cm³/mol. The number of halogens is 1. The van der Waals surface area contributed by atoms with Gasteiger partial charge in [0, 0.05) is 0 Å². The molecule has 0 aromatic rings. The summed E-state index contributed by atoms with van der Waals surface area (Å²) < 4.78 is 25.9. The summed E-state index contributed by atoms with van der Waals surface area (Å²) in [5, 5.41) is 0. The molecule has 0 atom stereocenters. The first-order chi connectivity index (χ1) is 6.68. The molecule has 0 bridgehead atoms.